The molecule has 3 unspecified atom stereocenters. The molecule has 0 radical (unpaired) electrons. The lowest BCUT2D eigenvalue weighted by Crippen LogP contribution is -2.49. The second kappa shape index (κ2) is 4.78. The van der Waals surface area contributed by atoms with Crippen LogP contribution in [0.1, 0.15) is 25.3 Å². The van der Waals surface area contributed by atoms with Crippen molar-refractivity contribution in [2.45, 2.75) is 32.4 Å². The van der Waals surface area contributed by atoms with Crippen LogP contribution >= 0.6 is 0 Å². The predicted octanol–water partition coefficient (Wildman–Crippen LogP) is 3.95. The molecule has 3 heterocycles. The largest absolute Gasteiger partial charge is 0.361 e. The third kappa shape index (κ3) is 1.90. The van der Waals surface area contributed by atoms with Crippen LogP contribution in [0.25, 0.3) is 10.9 Å². The van der Waals surface area contributed by atoms with Crippen molar-refractivity contribution in [3.05, 3.63) is 48.2 Å². The van der Waals surface area contributed by atoms with Gasteiger partial charge in [0.25, 0.3) is 0 Å². The molecule has 1 fully saturated rings. The highest BCUT2D eigenvalue weighted by atomic mass is 15.2. The van der Waals surface area contributed by atoms with Crippen molar-refractivity contribution >= 4 is 10.9 Å². The number of nitrogens with one attached hydrogen (secondary N) is 1. The van der Waals surface area contributed by atoms with E-state index in [1.807, 2.05) is 0 Å². The quantitative estimate of drug-likeness (QED) is 0.833. The van der Waals surface area contributed by atoms with Crippen LogP contribution < -0.4 is 0 Å². The van der Waals surface area contributed by atoms with Gasteiger partial charge in [0.15, 0.2) is 0 Å². The first-order valence-corrected chi connectivity index (χ1v) is 7.82. The topological polar surface area (TPSA) is 19.0 Å². The molecule has 0 spiro atoms. The molecule has 104 valence electrons. The van der Waals surface area contributed by atoms with Crippen molar-refractivity contribution in [1.82, 2.24) is 9.88 Å². The molecule has 3 aliphatic rings. The SMILES string of the molecule is CCC1CC2C=CC1N(Cc1c[nH]c3ccccc13)C2. The highest BCUT2D eigenvalue weighted by Gasteiger charge is 2.36. The average Bonchev–Trinajstić information content (AvgIpc) is 2.91. The van der Waals surface area contributed by atoms with Crippen molar-refractivity contribution < 1.29 is 0 Å². The van der Waals surface area contributed by atoms with Gasteiger partial charge in [0.05, 0.1) is 0 Å². The smallest absolute Gasteiger partial charge is 0.0457 e. The molecule has 0 amide bonds. The Labute approximate surface area is 120 Å². The van der Waals surface area contributed by atoms with E-state index in [2.05, 4.69) is 59.4 Å². The summed E-state index contributed by atoms with van der Waals surface area (Å²) in [6, 6.07) is 9.28. The number of nitrogens with zero attached hydrogens (tertiary/aromatic N) is 1. The van der Waals surface area contributed by atoms with Gasteiger partial charge in [-0.15, -0.1) is 0 Å². The van der Waals surface area contributed by atoms with Crippen molar-refractivity contribution in [2.75, 3.05) is 6.54 Å². The number of aromatic amines is 1. The van der Waals surface area contributed by atoms with E-state index in [0.29, 0.717) is 6.04 Å². The van der Waals surface area contributed by atoms with Crippen LogP contribution in [-0.2, 0) is 6.54 Å². The molecule has 1 saturated heterocycles. The molecular formula is C18H22N2. The monoisotopic (exact) mass is 266 g/mol. The van der Waals surface area contributed by atoms with Gasteiger partial charge < -0.3 is 4.98 Å². The van der Waals surface area contributed by atoms with E-state index in [-0.39, 0.29) is 0 Å². The van der Waals surface area contributed by atoms with E-state index in [1.54, 1.807) is 0 Å². The number of piperidine rings is 1. The lowest BCUT2D eigenvalue weighted by Gasteiger charge is -2.46. The number of hydrogen-bond acceptors (Lipinski definition) is 1. The summed E-state index contributed by atoms with van der Waals surface area (Å²) >= 11 is 0. The molecule has 5 rings (SSSR count). The van der Waals surface area contributed by atoms with Gasteiger partial charge in [-0.2, -0.15) is 0 Å². The van der Waals surface area contributed by atoms with E-state index >= 15 is 0 Å². The summed E-state index contributed by atoms with van der Waals surface area (Å²) < 4.78 is 0. The number of para-hydroxylation sites is 1. The maximum Gasteiger partial charge on any atom is 0.0457 e. The van der Waals surface area contributed by atoms with Crippen LogP contribution in [0, 0.1) is 11.8 Å². The molecule has 2 heteroatoms. The van der Waals surface area contributed by atoms with Crippen molar-refractivity contribution in [2.24, 2.45) is 11.8 Å². The minimum atomic E-state index is 0.652. The van der Waals surface area contributed by atoms with Crippen LogP contribution in [0.5, 0.6) is 0 Å². The minimum Gasteiger partial charge on any atom is -0.361 e. The Bertz CT molecular complexity index is 640. The van der Waals surface area contributed by atoms with E-state index < -0.39 is 0 Å². The van der Waals surface area contributed by atoms with Gasteiger partial charge in [0, 0.05) is 36.2 Å². The first kappa shape index (κ1) is 12.2. The van der Waals surface area contributed by atoms with Gasteiger partial charge in [-0.3, -0.25) is 4.90 Å². The summed E-state index contributed by atoms with van der Waals surface area (Å²) in [5.74, 6) is 1.62. The fraction of sp³-hybridized carbons (Fsp3) is 0.444. The zero-order valence-electron chi connectivity index (χ0n) is 12.0. The van der Waals surface area contributed by atoms with E-state index in [4.69, 9.17) is 0 Å². The number of benzene rings is 1. The molecule has 20 heavy (non-hydrogen) atoms. The van der Waals surface area contributed by atoms with Crippen molar-refractivity contribution in [1.29, 1.82) is 0 Å². The maximum atomic E-state index is 3.40. The fourth-order valence-electron chi connectivity index (χ4n) is 4.07. The molecule has 1 aromatic carbocycles. The first-order valence-electron chi connectivity index (χ1n) is 7.82. The molecule has 1 aliphatic carbocycles. The fourth-order valence-corrected chi connectivity index (χ4v) is 4.07. The maximum absolute atomic E-state index is 3.40. The number of fused-ring (bicyclic) bond motifs is 3. The summed E-state index contributed by atoms with van der Waals surface area (Å²) in [7, 11) is 0. The molecule has 3 atom stereocenters. The Kier molecular flexibility index (Phi) is 2.92. The number of rotatable bonds is 3. The molecule has 0 saturated carbocycles. The van der Waals surface area contributed by atoms with E-state index in [0.717, 1.165) is 18.4 Å². The first-order chi connectivity index (χ1) is 9.85. The Morgan fingerprint density at radius 3 is 3.00 bits per heavy atom. The molecule has 1 aromatic heterocycles. The molecule has 1 N–H and O–H groups in total. The lowest BCUT2D eigenvalue weighted by molar-refractivity contribution is 0.0751. The lowest BCUT2D eigenvalue weighted by atomic mass is 9.76. The predicted molar refractivity (Wildman–Crippen MR) is 83.5 cm³/mol. The highest BCUT2D eigenvalue weighted by molar-refractivity contribution is 5.82. The normalized spacial score (nSPS) is 29.4. The minimum absolute atomic E-state index is 0.652. The van der Waals surface area contributed by atoms with Crippen LogP contribution in [0.4, 0.5) is 0 Å². The van der Waals surface area contributed by atoms with Crippen LogP contribution in [-0.4, -0.2) is 22.5 Å². The van der Waals surface area contributed by atoms with E-state index in [9.17, 15) is 0 Å². The summed E-state index contributed by atoms with van der Waals surface area (Å²) in [6.07, 6.45) is 9.79. The number of hydrogen-bond donors (Lipinski definition) is 1. The molecule has 2 aliphatic heterocycles. The Balaban J connectivity index is 1.62. The second-order valence-electron chi connectivity index (χ2n) is 6.33. The van der Waals surface area contributed by atoms with Crippen molar-refractivity contribution in [3.8, 4) is 0 Å². The summed E-state index contributed by atoms with van der Waals surface area (Å²) in [6.45, 7) is 4.65. The van der Waals surface area contributed by atoms with Gasteiger partial charge in [-0.1, -0.05) is 43.7 Å². The van der Waals surface area contributed by atoms with Gasteiger partial charge in [-0.25, -0.2) is 0 Å². The summed E-state index contributed by atoms with van der Waals surface area (Å²) in [4.78, 5) is 6.08. The molecule has 2 bridgehead atoms. The zero-order chi connectivity index (χ0) is 13.5. The molecular weight excluding hydrogens is 244 g/mol. The second-order valence-corrected chi connectivity index (χ2v) is 6.33. The van der Waals surface area contributed by atoms with Crippen LogP contribution in [0.3, 0.4) is 0 Å². The van der Waals surface area contributed by atoms with Crippen molar-refractivity contribution in [3.63, 3.8) is 0 Å². The van der Waals surface area contributed by atoms with Crippen LogP contribution in [0.2, 0.25) is 0 Å². The Morgan fingerprint density at radius 1 is 1.25 bits per heavy atom. The third-order valence-corrected chi connectivity index (χ3v) is 5.13. The third-order valence-electron chi connectivity index (χ3n) is 5.13. The highest BCUT2D eigenvalue weighted by Crippen LogP contribution is 2.37. The van der Waals surface area contributed by atoms with Crippen LogP contribution in [0.15, 0.2) is 42.6 Å². The molecule has 2 aromatic rings. The van der Waals surface area contributed by atoms with Gasteiger partial charge >= 0.3 is 0 Å². The summed E-state index contributed by atoms with van der Waals surface area (Å²) in [5, 5.41) is 1.38. The molecule has 2 nitrogen and oxygen atoms in total. The number of H-pyrrole nitrogens is 1. The summed E-state index contributed by atoms with van der Waals surface area (Å²) in [5.41, 5.74) is 2.70. The number of aromatic nitrogens is 1. The average molecular weight is 266 g/mol. The standard InChI is InChI=1S/C18H22N2/c1-2-14-9-13-7-8-18(14)20(11-13)12-15-10-19-17-6-4-3-5-16(15)17/h3-8,10,13-14,18-19H,2,9,11-12H2,1H3. The van der Waals surface area contributed by atoms with Gasteiger partial charge in [0.1, 0.15) is 0 Å². The Hall–Kier alpha value is -1.54. The Morgan fingerprint density at radius 2 is 2.15 bits per heavy atom. The van der Waals surface area contributed by atoms with E-state index in [1.165, 1.54) is 35.9 Å². The van der Waals surface area contributed by atoms with Gasteiger partial charge in [-0.05, 0) is 29.9 Å². The van der Waals surface area contributed by atoms with Gasteiger partial charge in [0.2, 0.25) is 0 Å². The zero-order valence-corrected chi connectivity index (χ0v) is 12.0.